The van der Waals surface area contributed by atoms with Gasteiger partial charge in [0.05, 0.1) is 7.11 Å². The summed E-state index contributed by atoms with van der Waals surface area (Å²) < 4.78 is 5.23. The lowest BCUT2D eigenvalue weighted by atomic mass is 10.1. The van der Waals surface area contributed by atoms with Crippen LogP contribution in [0.5, 0.6) is 5.75 Å². The Morgan fingerprint density at radius 1 is 1.44 bits per heavy atom. The largest absolute Gasteiger partial charge is 0.497 e. The number of nitrogens with two attached hydrogens (primary N) is 1. The van der Waals surface area contributed by atoms with Crippen LogP contribution >= 0.6 is 0 Å². The van der Waals surface area contributed by atoms with Crippen molar-refractivity contribution in [2.75, 3.05) is 7.11 Å². The number of ether oxygens (including phenoxy) is 1. The normalized spacial score (nSPS) is 12.9. The molecule has 0 spiro atoms. The number of H-pyrrole nitrogens is 1. The number of hydrogen-bond donors (Lipinski definition) is 2. The third-order valence-corrected chi connectivity index (χ3v) is 2.84. The Kier molecular flexibility index (Phi) is 3.15. The number of nitrogens with one attached hydrogen (secondary N) is 1. The van der Waals surface area contributed by atoms with Crippen molar-refractivity contribution in [1.82, 2.24) is 4.98 Å². The van der Waals surface area contributed by atoms with Crippen molar-refractivity contribution in [3.63, 3.8) is 0 Å². The summed E-state index contributed by atoms with van der Waals surface area (Å²) in [5.41, 5.74) is 8.24. The molecule has 0 fully saturated rings. The molecular weight excluding hydrogens is 200 g/mol. The second kappa shape index (κ2) is 4.58. The van der Waals surface area contributed by atoms with Crippen LogP contribution in [-0.2, 0) is 6.42 Å². The monoisotopic (exact) mass is 218 g/mol. The number of rotatable bonds is 4. The molecule has 86 valence electrons. The number of aryl methyl sites for hydroxylation is 1. The van der Waals surface area contributed by atoms with E-state index in [4.69, 9.17) is 10.5 Å². The van der Waals surface area contributed by atoms with Gasteiger partial charge in [-0.3, -0.25) is 0 Å². The Balaban J connectivity index is 2.30. The number of hydrogen-bond acceptors (Lipinski definition) is 2. The first kappa shape index (κ1) is 11.0. The van der Waals surface area contributed by atoms with Gasteiger partial charge in [-0.2, -0.15) is 0 Å². The molecule has 0 bridgehead atoms. The smallest absolute Gasteiger partial charge is 0.119 e. The standard InChI is InChI=1S/C13H18N2O/c1-9(14)3-4-10-8-15-13-6-5-11(16-2)7-12(10)13/h5-9,15H,3-4,14H2,1-2H3. The Bertz CT molecular complexity index is 474. The van der Waals surface area contributed by atoms with Gasteiger partial charge in [0.15, 0.2) is 0 Å². The molecule has 16 heavy (non-hydrogen) atoms. The first-order valence-electron chi connectivity index (χ1n) is 5.60. The molecule has 0 amide bonds. The van der Waals surface area contributed by atoms with Crippen LogP contribution in [0.1, 0.15) is 18.9 Å². The molecule has 1 heterocycles. The van der Waals surface area contributed by atoms with E-state index in [9.17, 15) is 0 Å². The van der Waals surface area contributed by atoms with Gasteiger partial charge in [0, 0.05) is 23.1 Å². The summed E-state index contributed by atoms with van der Waals surface area (Å²) in [5, 5.41) is 1.24. The number of benzene rings is 1. The van der Waals surface area contributed by atoms with Gasteiger partial charge in [-0.25, -0.2) is 0 Å². The van der Waals surface area contributed by atoms with Gasteiger partial charge in [-0.1, -0.05) is 0 Å². The lowest BCUT2D eigenvalue weighted by Crippen LogP contribution is -2.15. The SMILES string of the molecule is COc1ccc2[nH]cc(CCC(C)N)c2c1. The van der Waals surface area contributed by atoms with E-state index in [0.717, 1.165) is 24.1 Å². The second-order valence-electron chi connectivity index (χ2n) is 4.24. The highest BCUT2D eigenvalue weighted by molar-refractivity contribution is 5.84. The molecular formula is C13H18N2O. The number of aromatic amines is 1. The minimum Gasteiger partial charge on any atom is -0.497 e. The summed E-state index contributed by atoms with van der Waals surface area (Å²) in [6, 6.07) is 6.33. The van der Waals surface area contributed by atoms with Crippen molar-refractivity contribution < 1.29 is 4.74 Å². The average molecular weight is 218 g/mol. The van der Waals surface area contributed by atoms with Crippen LogP contribution in [0.25, 0.3) is 10.9 Å². The van der Waals surface area contributed by atoms with Crippen molar-refractivity contribution >= 4 is 10.9 Å². The fourth-order valence-electron chi connectivity index (χ4n) is 1.87. The maximum atomic E-state index is 5.77. The molecule has 0 aliphatic rings. The van der Waals surface area contributed by atoms with Gasteiger partial charge in [-0.05, 0) is 43.5 Å². The molecule has 1 atom stereocenters. The fourth-order valence-corrected chi connectivity index (χ4v) is 1.87. The summed E-state index contributed by atoms with van der Waals surface area (Å²) in [6.45, 7) is 2.04. The van der Waals surface area contributed by atoms with E-state index in [0.29, 0.717) is 0 Å². The molecule has 3 nitrogen and oxygen atoms in total. The van der Waals surface area contributed by atoms with Crippen LogP contribution in [-0.4, -0.2) is 18.1 Å². The Morgan fingerprint density at radius 2 is 2.25 bits per heavy atom. The molecule has 1 unspecified atom stereocenters. The first-order chi connectivity index (χ1) is 7.70. The van der Waals surface area contributed by atoms with Crippen molar-refractivity contribution in [2.45, 2.75) is 25.8 Å². The van der Waals surface area contributed by atoms with E-state index >= 15 is 0 Å². The molecule has 2 rings (SSSR count). The Morgan fingerprint density at radius 3 is 2.94 bits per heavy atom. The van der Waals surface area contributed by atoms with Crippen LogP contribution in [0.15, 0.2) is 24.4 Å². The quantitative estimate of drug-likeness (QED) is 0.828. The molecule has 3 N–H and O–H groups in total. The molecule has 1 aromatic carbocycles. The van der Waals surface area contributed by atoms with Crippen LogP contribution in [0.3, 0.4) is 0 Å². The number of fused-ring (bicyclic) bond motifs is 1. The lowest BCUT2D eigenvalue weighted by molar-refractivity contribution is 0.415. The van der Waals surface area contributed by atoms with E-state index in [1.807, 2.05) is 19.1 Å². The fraction of sp³-hybridized carbons (Fsp3) is 0.385. The van der Waals surface area contributed by atoms with Gasteiger partial charge in [0.2, 0.25) is 0 Å². The molecule has 0 radical (unpaired) electrons. The highest BCUT2D eigenvalue weighted by Crippen LogP contribution is 2.24. The second-order valence-corrected chi connectivity index (χ2v) is 4.24. The molecule has 0 aliphatic carbocycles. The first-order valence-corrected chi connectivity index (χ1v) is 5.60. The number of aromatic nitrogens is 1. The molecule has 3 heteroatoms. The zero-order chi connectivity index (χ0) is 11.5. The zero-order valence-electron chi connectivity index (χ0n) is 9.79. The highest BCUT2D eigenvalue weighted by Gasteiger charge is 2.05. The maximum absolute atomic E-state index is 5.77. The minimum atomic E-state index is 0.246. The van der Waals surface area contributed by atoms with Crippen LogP contribution < -0.4 is 10.5 Å². The minimum absolute atomic E-state index is 0.246. The van der Waals surface area contributed by atoms with E-state index in [2.05, 4.69) is 17.2 Å². The predicted octanol–water partition coefficient (Wildman–Crippen LogP) is 2.46. The van der Waals surface area contributed by atoms with Gasteiger partial charge < -0.3 is 15.5 Å². The van der Waals surface area contributed by atoms with Gasteiger partial charge >= 0.3 is 0 Å². The van der Waals surface area contributed by atoms with E-state index in [1.165, 1.54) is 10.9 Å². The summed E-state index contributed by atoms with van der Waals surface area (Å²) >= 11 is 0. The molecule has 1 aromatic heterocycles. The van der Waals surface area contributed by atoms with Gasteiger partial charge in [-0.15, -0.1) is 0 Å². The van der Waals surface area contributed by atoms with E-state index in [-0.39, 0.29) is 6.04 Å². The van der Waals surface area contributed by atoms with Crippen molar-refractivity contribution in [3.05, 3.63) is 30.0 Å². The lowest BCUT2D eigenvalue weighted by Gasteiger charge is -2.04. The summed E-state index contributed by atoms with van der Waals surface area (Å²) in [4.78, 5) is 3.27. The van der Waals surface area contributed by atoms with Crippen LogP contribution in [0.2, 0.25) is 0 Å². The van der Waals surface area contributed by atoms with Gasteiger partial charge in [0.1, 0.15) is 5.75 Å². The molecule has 0 saturated heterocycles. The van der Waals surface area contributed by atoms with E-state index in [1.54, 1.807) is 7.11 Å². The average Bonchev–Trinajstić information content (AvgIpc) is 2.68. The Labute approximate surface area is 95.6 Å². The molecule has 0 saturated carbocycles. The summed E-state index contributed by atoms with van der Waals surface area (Å²) in [5.74, 6) is 0.897. The van der Waals surface area contributed by atoms with Crippen molar-refractivity contribution in [3.8, 4) is 5.75 Å². The van der Waals surface area contributed by atoms with Crippen LogP contribution in [0.4, 0.5) is 0 Å². The summed E-state index contributed by atoms with van der Waals surface area (Å²) in [7, 11) is 1.69. The molecule has 2 aromatic rings. The molecule has 0 aliphatic heterocycles. The maximum Gasteiger partial charge on any atom is 0.119 e. The Hall–Kier alpha value is -1.48. The van der Waals surface area contributed by atoms with Crippen LogP contribution in [0, 0.1) is 0 Å². The third-order valence-electron chi connectivity index (χ3n) is 2.84. The predicted molar refractivity (Wildman–Crippen MR) is 66.8 cm³/mol. The van der Waals surface area contributed by atoms with E-state index < -0.39 is 0 Å². The highest BCUT2D eigenvalue weighted by atomic mass is 16.5. The van der Waals surface area contributed by atoms with Crippen molar-refractivity contribution in [1.29, 1.82) is 0 Å². The van der Waals surface area contributed by atoms with Gasteiger partial charge in [0.25, 0.3) is 0 Å². The number of methoxy groups -OCH3 is 1. The van der Waals surface area contributed by atoms with Crippen molar-refractivity contribution in [2.24, 2.45) is 5.73 Å². The zero-order valence-corrected chi connectivity index (χ0v) is 9.79. The summed E-state index contributed by atoms with van der Waals surface area (Å²) in [6.07, 6.45) is 4.07. The topological polar surface area (TPSA) is 51.0 Å². The third kappa shape index (κ3) is 2.19.